The molecule has 0 aromatic carbocycles. The van der Waals surface area contributed by atoms with Gasteiger partial charge in [0.15, 0.2) is 5.82 Å². The van der Waals surface area contributed by atoms with Crippen LogP contribution in [0.3, 0.4) is 0 Å². The SMILES string of the molecule is CCN(CC)C(=O)c1sc2nc(-c3ccncc3)nc(Cl)c2c1C. The number of carbonyl (C=O) groups excluding carboxylic acids is 1. The zero-order chi connectivity index (χ0) is 17.3. The van der Waals surface area contributed by atoms with E-state index in [2.05, 4.69) is 15.0 Å². The molecule has 0 fully saturated rings. The van der Waals surface area contributed by atoms with Crippen molar-refractivity contribution < 1.29 is 4.79 Å². The number of pyridine rings is 1. The molecule has 0 aliphatic heterocycles. The fourth-order valence-electron chi connectivity index (χ4n) is 2.58. The standard InChI is InChI=1S/C17H17ClN4OS/c1-4-22(5-2)17(23)13-10(3)12-14(18)20-15(21-16(12)24-13)11-6-8-19-9-7-11/h6-9H,4-5H2,1-3H3. The summed E-state index contributed by atoms with van der Waals surface area (Å²) in [5.74, 6) is 0.556. The van der Waals surface area contributed by atoms with Gasteiger partial charge in [-0.3, -0.25) is 9.78 Å². The van der Waals surface area contributed by atoms with E-state index in [9.17, 15) is 4.79 Å². The molecule has 5 nitrogen and oxygen atoms in total. The maximum atomic E-state index is 12.7. The van der Waals surface area contributed by atoms with Crippen LogP contribution in [0.25, 0.3) is 21.6 Å². The number of halogens is 1. The average molecular weight is 361 g/mol. The topological polar surface area (TPSA) is 59.0 Å². The second-order valence-electron chi connectivity index (χ2n) is 5.29. The lowest BCUT2D eigenvalue weighted by atomic mass is 10.2. The van der Waals surface area contributed by atoms with Gasteiger partial charge in [-0.05, 0) is 38.5 Å². The second kappa shape index (κ2) is 6.83. The number of carbonyl (C=O) groups is 1. The number of amides is 1. The Balaban J connectivity index is 2.14. The number of rotatable bonds is 4. The molecule has 0 bridgehead atoms. The highest BCUT2D eigenvalue weighted by Gasteiger charge is 2.22. The molecule has 0 unspecified atom stereocenters. The van der Waals surface area contributed by atoms with Crippen LogP contribution in [-0.2, 0) is 0 Å². The Morgan fingerprint density at radius 3 is 2.50 bits per heavy atom. The number of fused-ring (bicyclic) bond motifs is 1. The Hall–Kier alpha value is -2.05. The predicted molar refractivity (Wildman–Crippen MR) is 97.6 cm³/mol. The molecule has 0 N–H and O–H groups in total. The van der Waals surface area contributed by atoms with Gasteiger partial charge >= 0.3 is 0 Å². The molecule has 3 heterocycles. The zero-order valence-corrected chi connectivity index (χ0v) is 15.3. The molecule has 7 heteroatoms. The van der Waals surface area contributed by atoms with Gasteiger partial charge in [-0.2, -0.15) is 0 Å². The number of aromatic nitrogens is 3. The van der Waals surface area contributed by atoms with Crippen molar-refractivity contribution in [3.63, 3.8) is 0 Å². The highest BCUT2D eigenvalue weighted by atomic mass is 35.5. The van der Waals surface area contributed by atoms with Crippen molar-refractivity contribution in [2.45, 2.75) is 20.8 Å². The monoisotopic (exact) mass is 360 g/mol. The Morgan fingerprint density at radius 2 is 1.88 bits per heavy atom. The van der Waals surface area contributed by atoms with Crippen LogP contribution in [0.4, 0.5) is 0 Å². The molecular formula is C17H17ClN4OS. The summed E-state index contributed by atoms with van der Waals surface area (Å²) in [6.45, 7) is 7.18. The van der Waals surface area contributed by atoms with Crippen molar-refractivity contribution >= 4 is 39.1 Å². The van der Waals surface area contributed by atoms with Crippen LogP contribution in [0.2, 0.25) is 5.15 Å². The Kier molecular flexibility index (Phi) is 4.78. The normalized spacial score (nSPS) is 11.0. The van der Waals surface area contributed by atoms with Crippen LogP contribution in [0, 0.1) is 6.92 Å². The van der Waals surface area contributed by atoms with Crippen molar-refractivity contribution in [1.29, 1.82) is 0 Å². The summed E-state index contributed by atoms with van der Waals surface area (Å²) in [6.07, 6.45) is 3.37. The molecule has 24 heavy (non-hydrogen) atoms. The first-order valence-corrected chi connectivity index (χ1v) is 8.92. The average Bonchev–Trinajstić information content (AvgIpc) is 2.94. The Labute approximate surface area is 149 Å². The van der Waals surface area contributed by atoms with Gasteiger partial charge in [0.2, 0.25) is 0 Å². The highest BCUT2D eigenvalue weighted by molar-refractivity contribution is 7.20. The van der Waals surface area contributed by atoms with E-state index in [-0.39, 0.29) is 5.91 Å². The summed E-state index contributed by atoms with van der Waals surface area (Å²) in [5, 5.41) is 1.13. The molecule has 0 saturated carbocycles. The maximum Gasteiger partial charge on any atom is 0.264 e. The minimum absolute atomic E-state index is 0.0158. The summed E-state index contributed by atoms with van der Waals surface area (Å²) in [4.78, 5) is 28.9. The largest absolute Gasteiger partial charge is 0.338 e. The fourth-order valence-corrected chi connectivity index (χ4v) is 4.09. The first kappa shape index (κ1) is 16.8. The Bertz CT molecular complexity index is 890. The van der Waals surface area contributed by atoms with Gasteiger partial charge in [0.05, 0.1) is 10.3 Å². The number of aryl methyl sites for hydroxylation is 1. The molecule has 124 valence electrons. The van der Waals surface area contributed by atoms with Crippen molar-refractivity contribution in [3.05, 3.63) is 40.1 Å². The van der Waals surface area contributed by atoms with E-state index in [4.69, 9.17) is 11.6 Å². The molecule has 3 rings (SSSR count). The van der Waals surface area contributed by atoms with Gasteiger partial charge in [0.25, 0.3) is 5.91 Å². The predicted octanol–water partition coefficient (Wildman–Crippen LogP) is 4.20. The van der Waals surface area contributed by atoms with Gasteiger partial charge in [0, 0.05) is 31.0 Å². The molecular weight excluding hydrogens is 344 g/mol. The van der Waals surface area contributed by atoms with Crippen LogP contribution >= 0.6 is 22.9 Å². The summed E-state index contributed by atoms with van der Waals surface area (Å²) in [7, 11) is 0. The van der Waals surface area contributed by atoms with E-state index in [1.165, 1.54) is 11.3 Å². The van der Waals surface area contributed by atoms with Crippen molar-refractivity contribution in [2.24, 2.45) is 0 Å². The first-order chi connectivity index (χ1) is 11.6. The summed E-state index contributed by atoms with van der Waals surface area (Å²) in [6, 6.07) is 3.67. The fraction of sp³-hybridized carbons (Fsp3) is 0.294. The first-order valence-electron chi connectivity index (χ1n) is 7.73. The van der Waals surface area contributed by atoms with Crippen LogP contribution in [-0.4, -0.2) is 38.8 Å². The molecule has 0 aliphatic carbocycles. The molecule has 3 aromatic rings. The summed E-state index contributed by atoms with van der Waals surface area (Å²) in [5.41, 5.74) is 1.69. The van der Waals surface area contributed by atoms with Crippen molar-refractivity contribution in [3.8, 4) is 11.4 Å². The van der Waals surface area contributed by atoms with E-state index in [0.717, 1.165) is 21.3 Å². The van der Waals surface area contributed by atoms with Crippen molar-refractivity contribution in [1.82, 2.24) is 19.9 Å². The third-order valence-corrected chi connectivity index (χ3v) is 5.38. The quantitative estimate of drug-likeness (QED) is 0.654. The highest BCUT2D eigenvalue weighted by Crippen LogP contribution is 2.35. The summed E-state index contributed by atoms with van der Waals surface area (Å²) < 4.78 is 0. The molecule has 0 atom stereocenters. The van der Waals surface area contributed by atoms with Gasteiger partial charge in [0.1, 0.15) is 9.98 Å². The van der Waals surface area contributed by atoms with E-state index >= 15 is 0 Å². The maximum absolute atomic E-state index is 12.7. The van der Waals surface area contributed by atoms with E-state index in [1.807, 2.05) is 32.9 Å². The molecule has 0 saturated heterocycles. The molecule has 1 amide bonds. The Morgan fingerprint density at radius 1 is 1.21 bits per heavy atom. The third kappa shape index (κ3) is 2.87. The lowest BCUT2D eigenvalue weighted by Gasteiger charge is -2.17. The molecule has 0 radical (unpaired) electrons. The summed E-state index contributed by atoms with van der Waals surface area (Å²) >= 11 is 7.77. The molecule has 3 aromatic heterocycles. The number of hydrogen-bond acceptors (Lipinski definition) is 5. The zero-order valence-electron chi connectivity index (χ0n) is 13.7. The van der Waals surface area contributed by atoms with E-state index in [0.29, 0.717) is 28.9 Å². The van der Waals surface area contributed by atoms with E-state index in [1.54, 1.807) is 17.3 Å². The van der Waals surface area contributed by atoms with Crippen LogP contribution in [0.1, 0.15) is 29.1 Å². The smallest absolute Gasteiger partial charge is 0.264 e. The van der Waals surface area contributed by atoms with Crippen LogP contribution in [0.5, 0.6) is 0 Å². The lowest BCUT2D eigenvalue weighted by molar-refractivity contribution is 0.0777. The van der Waals surface area contributed by atoms with Gasteiger partial charge in [-0.15, -0.1) is 11.3 Å². The lowest BCUT2D eigenvalue weighted by Crippen LogP contribution is -2.30. The van der Waals surface area contributed by atoms with Gasteiger partial charge < -0.3 is 4.90 Å². The minimum Gasteiger partial charge on any atom is -0.338 e. The molecule has 0 spiro atoms. The second-order valence-corrected chi connectivity index (χ2v) is 6.64. The van der Waals surface area contributed by atoms with Crippen LogP contribution in [0.15, 0.2) is 24.5 Å². The van der Waals surface area contributed by atoms with Gasteiger partial charge in [-0.1, -0.05) is 11.6 Å². The third-order valence-electron chi connectivity index (χ3n) is 3.93. The van der Waals surface area contributed by atoms with Crippen LogP contribution < -0.4 is 0 Å². The van der Waals surface area contributed by atoms with Gasteiger partial charge in [-0.25, -0.2) is 9.97 Å². The number of thiophene rings is 1. The van der Waals surface area contributed by atoms with E-state index < -0.39 is 0 Å². The minimum atomic E-state index is 0.0158. The van der Waals surface area contributed by atoms with Crippen molar-refractivity contribution in [2.75, 3.05) is 13.1 Å². The number of nitrogens with zero attached hydrogens (tertiary/aromatic N) is 4. The number of hydrogen-bond donors (Lipinski definition) is 0. The molecule has 0 aliphatic rings.